The van der Waals surface area contributed by atoms with Crippen LogP contribution in [0.15, 0.2) is 30.3 Å². The van der Waals surface area contributed by atoms with Crippen molar-refractivity contribution in [1.29, 1.82) is 0 Å². The number of methoxy groups -OCH3 is 1. The van der Waals surface area contributed by atoms with Crippen molar-refractivity contribution in [3.63, 3.8) is 0 Å². The van der Waals surface area contributed by atoms with E-state index in [9.17, 15) is 26.7 Å². The molecule has 0 saturated carbocycles. The van der Waals surface area contributed by atoms with Crippen molar-refractivity contribution in [3.8, 4) is 11.5 Å². The van der Waals surface area contributed by atoms with Gasteiger partial charge in [0.25, 0.3) is 0 Å². The molecule has 164 valence electrons. The second-order valence-electron chi connectivity index (χ2n) is 5.74. The minimum atomic E-state index is -2.56. The Morgan fingerprint density at radius 3 is 2.10 bits per heavy atom. The summed E-state index contributed by atoms with van der Waals surface area (Å²) in [5, 5.41) is 2.40. The molecule has 2 aromatic carbocycles. The van der Waals surface area contributed by atoms with E-state index in [1.54, 1.807) is 25.1 Å². The van der Waals surface area contributed by atoms with Gasteiger partial charge in [0.15, 0.2) is 0 Å². The van der Waals surface area contributed by atoms with E-state index in [1.165, 1.54) is 19.2 Å². The maximum Gasteiger partial charge on any atom is 0.382 e. The van der Waals surface area contributed by atoms with E-state index in [-0.39, 0.29) is 12.4 Å². The van der Waals surface area contributed by atoms with Crippen molar-refractivity contribution in [2.45, 2.75) is 13.0 Å². The van der Waals surface area contributed by atoms with Gasteiger partial charge in [-0.1, -0.05) is 18.2 Å². The number of esters is 1. The van der Waals surface area contributed by atoms with Gasteiger partial charge in [-0.2, -0.15) is 8.78 Å². The van der Waals surface area contributed by atoms with Gasteiger partial charge in [-0.25, -0.2) is 18.3 Å². The smallest absolute Gasteiger partial charge is 0.382 e. The maximum absolute atomic E-state index is 13.9. The maximum atomic E-state index is 13.9. The number of hydrogen-bond donors (Lipinski definition) is 1. The van der Waals surface area contributed by atoms with Gasteiger partial charge in [-0.15, -0.1) is 0 Å². The zero-order valence-corrected chi connectivity index (χ0v) is 16.7. The minimum Gasteiger partial charge on any atom is -0.459 e. The number of ether oxygens (including phenoxy) is 2. The standard InChI is InChI=1S/C18H17F5NO5P/c1-10(9-26-2)27-12(25)8-24-30(28-11-6-4-3-5-7-11)29-18-16(22)14(20)13(19)15(21)17(18)23/h3-7,10,24H,8-9H2,1-2H3. The van der Waals surface area contributed by atoms with E-state index in [4.69, 9.17) is 18.5 Å². The van der Waals surface area contributed by atoms with Crippen LogP contribution in [0.1, 0.15) is 6.92 Å². The van der Waals surface area contributed by atoms with Crippen molar-refractivity contribution < 1.29 is 45.3 Å². The van der Waals surface area contributed by atoms with E-state index in [0.717, 1.165) is 0 Å². The van der Waals surface area contributed by atoms with E-state index in [2.05, 4.69) is 5.09 Å². The highest BCUT2D eigenvalue weighted by Crippen LogP contribution is 2.40. The predicted molar refractivity (Wildman–Crippen MR) is 96.3 cm³/mol. The van der Waals surface area contributed by atoms with Crippen LogP contribution in [-0.2, 0) is 14.3 Å². The van der Waals surface area contributed by atoms with Gasteiger partial charge in [0, 0.05) is 7.11 Å². The van der Waals surface area contributed by atoms with E-state index >= 15 is 0 Å². The SMILES string of the molecule is COCC(C)OC(=O)CNP(Oc1ccccc1)Oc1c(F)c(F)c(F)c(F)c1F. The molecule has 0 aliphatic heterocycles. The molecule has 0 radical (unpaired) electrons. The topological polar surface area (TPSA) is 66.0 Å². The van der Waals surface area contributed by atoms with Crippen molar-refractivity contribution in [3.05, 3.63) is 59.4 Å². The summed E-state index contributed by atoms with van der Waals surface area (Å²) in [6, 6.07) is 7.71. The summed E-state index contributed by atoms with van der Waals surface area (Å²) in [5.74, 6) is -13.2. The average Bonchev–Trinajstić information content (AvgIpc) is 2.73. The summed E-state index contributed by atoms with van der Waals surface area (Å²) in [7, 11) is -1.15. The van der Waals surface area contributed by atoms with Crippen LogP contribution in [0.2, 0.25) is 0 Å². The normalized spacial score (nSPS) is 12.9. The molecule has 0 fully saturated rings. The molecule has 0 amide bonds. The first-order chi connectivity index (χ1) is 14.2. The molecule has 6 nitrogen and oxygen atoms in total. The fraction of sp³-hybridized carbons (Fsp3) is 0.278. The van der Waals surface area contributed by atoms with Crippen molar-refractivity contribution in [2.75, 3.05) is 20.3 Å². The molecule has 1 N–H and O–H groups in total. The Bertz CT molecular complexity index is 845. The summed E-state index contributed by atoms with van der Waals surface area (Å²) in [6.45, 7) is 1.15. The molecule has 0 aromatic heterocycles. The number of halogens is 5. The summed E-state index contributed by atoms with van der Waals surface area (Å²) < 4.78 is 88.0. The number of hydrogen-bond acceptors (Lipinski definition) is 6. The quantitative estimate of drug-likeness (QED) is 0.191. The third kappa shape index (κ3) is 6.25. The molecule has 0 saturated heterocycles. The number of benzene rings is 2. The largest absolute Gasteiger partial charge is 0.459 e. The summed E-state index contributed by atoms with van der Waals surface area (Å²) in [6.07, 6.45) is -0.582. The Labute approximate surface area is 169 Å². The van der Waals surface area contributed by atoms with Crippen molar-refractivity contribution in [2.24, 2.45) is 0 Å². The molecule has 30 heavy (non-hydrogen) atoms. The summed E-state index contributed by atoms with van der Waals surface area (Å²) in [5.41, 5.74) is 0. The molecule has 2 rings (SSSR count). The lowest BCUT2D eigenvalue weighted by Crippen LogP contribution is -2.28. The first kappa shape index (κ1) is 23.8. The Morgan fingerprint density at radius 1 is 0.967 bits per heavy atom. The molecule has 0 aliphatic carbocycles. The Morgan fingerprint density at radius 2 is 1.53 bits per heavy atom. The van der Waals surface area contributed by atoms with Crippen LogP contribution in [0.5, 0.6) is 11.5 Å². The number of nitrogens with one attached hydrogen (secondary N) is 1. The van der Waals surface area contributed by atoms with Gasteiger partial charge in [-0.3, -0.25) is 4.79 Å². The van der Waals surface area contributed by atoms with Gasteiger partial charge in [0.1, 0.15) is 18.4 Å². The van der Waals surface area contributed by atoms with E-state index < -0.39 is 62.0 Å². The molecule has 2 unspecified atom stereocenters. The molecule has 0 heterocycles. The Hall–Kier alpha value is -2.49. The van der Waals surface area contributed by atoms with Gasteiger partial charge in [0.2, 0.25) is 34.8 Å². The Balaban J connectivity index is 2.20. The number of para-hydroxylation sites is 1. The lowest BCUT2D eigenvalue weighted by Gasteiger charge is -2.20. The van der Waals surface area contributed by atoms with Gasteiger partial charge < -0.3 is 18.5 Å². The second kappa shape index (κ2) is 11.1. The zero-order valence-electron chi connectivity index (χ0n) is 15.8. The van der Waals surface area contributed by atoms with Crippen LogP contribution in [-0.4, -0.2) is 32.3 Å². The monoisotopic (exact) mass is 453 g/mol. The predicted octanol–water partition coefficient (Wildman–Crippen LogP) is 4.23. The van der Waals surface area contributed by atoms with E-state index in [1.807, 2.05) is 0 Å². The molecule has 12 heteroatoms. The number of carbonyl (C=O) groups excluding carboxylic acids is 1. The number of rotatable bonds is 10. The van der Waals surface area contributed by atoms with Crippen LogP contribution >= 0.6 is 8.53 Å². The van der Waals surface area contributed by atoms with E-state index in [0.29, 0.717) is 0 Å². The van der Waals surface area contributed by atoms with Crippen LogP contribution in [0.4, 0.5) is 22.0 Å². The van der Waals surface area contributed by atoms with Gasteiger partial charge in [-0.05, 0) is 19.1 Å². The lowest BCUT2D eigenvalue weighted by molar-refractivity contribution is -0.149. The molecular formula is C18H17F5NO5P. The highest BCUT2D eigenvalue weighted by molar-refractivity contribution is 7.45. The third-order valence-corrected chi connectivity index (χ3v) is 4.50. The molecule has 0 spiro atoms. The van der Waals surface area contributed by atoms with Gasteiger partial charge >= 0.3 is 14.5 Å². The average molecular weight is 453 g/mol. The highest BCUT2D eigenvalue weighted by atomic mass is 31.2. The Kier molecular flexibility index (Phi) is 8.76. The van der Waals surface area contributed by atoms with Gasteiger partial charge in [0.05, 0.1) is 6.61 Å². The van der Waals surface area contributed by atoms with Crippen LogP contribution < -0.4 is 14.1 Å². The third-order valence-electron chi connectivity index (χ3n) is 3.36. The molecule has 0 bridgehead atoms. The molecule has 2 aromatic rings. The molecular weight excluding hydrogens is 436 g/mol. The highest BCUT2D eigenvalue weighted by Gasteiger charge is 2.30. The fourth-order valence-electron chi connectivity index (χ4n) is 2.07. The molecule has 2 atom stereocenters. The molecule has 0 aliphatic rings. The van der Waals surface area contributed by atoms with Crippen molar-refractivity contribution >= 4 is 14.5 Å². The van der Waals surface area contributed by atoms with Crippen molar-refractivity contribution in [1.82, 2.24) is 5.09 Å². The second-order valence-corrected chi connectivity index (χ2v) is 6.94. The summed E-state index contributed by atoms with van der Waals surface area (Å²) >= 11 is 0. The van der Waals surface area contributed by atoms with Crippen LogP contribution in [0.3, 0.4) is 0 Å². The fourth-order valence-corrected chi connectivity index (χ4v) is 3.14. The summed E-state index contributed by atoms with van der Waals surface area (Å²) in [4.78, 5) is 11.9. The van der Waals surface area contributed by atoms with Crippen LogP contribution in [0.25, 0.3) is 0 Å². The first-order valence-electron chi connectivity index (χ1n) is 8.39. The lowest BCUT2D eigenvalue weighted by atomic mass is 10.3. The zero-order chi connectivity index (χ0) is 22.3. The van der Waals surface area contributed by atoms with Crippen LogP contribution in [0, 0.1) is 29.1 Å². The minimum absolute atomic E-state index is 0.127. The first-order valence-corrected chi connectivity index (χ1v) is 9.56. The number of carbonyl (C=O) groups is 1.